The first-order chi connectivity index (χ1) is 13.4. The Morgan fingerprint density at radius 3 is 1.18 bits per heavy atom. The Morgan fingerprint density at radius 2 is 0.857 bits per heavy atom. The fraction of sp³-hybridized carbons (Fsp3) is 0.154. The van der Waals surface area contributed by atoms with Crippen molar-refractivity contribution in [1.82, 2.24) is 0 Å². The van der Waals surface area contributed by atoms with Gasteiger partial charge in [0.05, 0.1) is 0 Å². The molecule has 2 nitrogen and oxygen atoms in total. The number of benzene rings is 3. The molecule has 0 aromatic heterocycles. The minimum absolute atomic E-state index is 0.659. The van der Waals surface area contributed by atoms with Crippen molar-refractivity contribution in [3.8, 4) is 23.7 Å². The molecule has 3 aromatic carbocycles. The van der Waals surface area contributed by atoms with Crippen LogP contribution in [0.4, 0.5) is 0 Å². The van der Waals surface area contributed by atoms with Gasteiger partial charge in [-0.3, -0.25) is 0 Å². The molecule has 0 radical (unpaired) electrons. The first-order valence-corrected chi connectivity index (χ1v) is 9.09. The van der Waals surface area contributed by atoms with Gasteiger partial charge in [-0.25, -0.2) is 0 Å². The molecule has 2 atom stereocenters. The van der Waals surface area contributed by atoms with Gasteiger partial charge in [0, 0.05) is 11.1 Å². The molecule has 2 N–H and O–H groups in total. The monoisotopic (exact) mass is 366 g/mol. The average Bonchev–Trinajstić information content (AvgIpc) is 2.73. The lowest BCUT2D eigenvalue weighted by atomic mass is 9.90. The van der Waals surface area contributed by atoms with Gasteiger partial charge in [0.15, 0.2) is 0 Å². The molecule has 0 fully saturated rings. The van der Waals surface area contributed by atoms with E-state index in [1.165, 1.54) is 0 Å². The number of aliphatic hydroxyl groups is 2. The smallest absolute Gasteiger partial charge is 0.148 e. The molecule has 138 valence electrons. The fourth-order valence-electron chi connectivity index (χ4n) is 2.69. The van der Waals surface area contributed by atoms with E-state index < -0.39 is 11.2 Å². The maximum Gasteiger partial charge on any atom is 0.148 e. The molecule has 0 bridgehead atoms. The highest BCUT2D eigenvalue weighted by Crippen LogP contribution is 2.25. The van der Waals surface area contributed by atoms with Crippen LogP contribution >= 0.6 is 0 Å². The van der Waals surface area contributed by atoms with Crippen LogP contribution in [0, 0.1) is 23.7 Å². The van der Waals surface area contributed by atoms with Crippen LogP contribution in [0.2, 0.25) is 0 Å². The van der Waals surface area contributed by atoms with E-state index in [4.69, 9.17) is 0 Å². The third-order valence-electron chi connectivity index (χ3n) is 4.46. The highest BCUT2D eigenvalue weighted by Gasteiger charge is 2.23. The maximum atomic E-state index is 10.7. The van der Waals surface area contributed by atoms with E-state index in [-0.39, 0.29) is 0 Å². The Balaban J connectivity index is 1.81. The third kappa shape index (κ3) is 4.90. The molecular formula is C26H22O2. The molecule has 0 heterocycles. The maximum absolute atomic E-state index is 10.7. The normalized spacial score (nSPS) is 14.4. The topological polar surface area (TPSA) is 40.5 Å². The second-order valence-corrected chi connectivity index (χ2v) is 6.95. The Bertz CT molecular complexity index is 951. The summed E-state index contributed by atoms with van der Waals surface area (Å²) in [4.78, 5) is 0. The third-order valence-corrected chi connectivity index (χ3v) is 4.46. The molecule has 2 unspecified atom stereocenters. The lowest BCUT2D eigenvalue weighted by Crippen LogP contribution is -2.21. The largest absolute Gasteiger partial charge is 0.374 e. The molecule has 0 aliphatic carbocycles. The van der Waals surface area contributed by atoms with Gasteiger partial charge < -0.3 is 10.2 Å². The first kappa shape index (κ1) is 19.5. The van der Waals surface area contributed by atoms with Crippen molar-refractivity contribution >= 4 is 0 Å². The van der Waals surface area contributed by atoms with Gasteiger partial charge in [-0.15, -0.1) is 0 Å². The van der Waals surface area contributed by atoms with Gasteiger partial charge in [0.1, 0.15) is 11.2 Å². The van der Waals surface area contributed by atoms with Gasteiger partial charge in [-0.05, 0) is 49.2 Å². The summed E-state index contributed by atoms with van der Waals surface area (Å²) >= 11 is 0. The van der Waals surface area contributed by atoms with Crippen molar-refractivity contribution in [2.75, 3.05) is 0 Å². The fourth-order valence-corrected chi connectivity index (χ4v) is 2.69. The molecule has 3 aromatic rings. The van der Waals surface area contributed by atoms with Crippen molar-refractivity contribution in [2.45, 2.75) is 25.0 Å². The summed E-state index contributed by atoms with van der Waals surface area (Å²) in [5.74, 6) is 11.8. The summed E-state index contributed by atoms with van der Waals surface area (Å²) in [6, 6.07) is 26.2. The summed E-state index contributed by atoms with van der Waals surface area (Å²) in [6.07, 6.45) is 0. The zero-order valence-corrected chi connectivity index (χ0v) is 16.0. The quantitative estimate of drug-likeness (QED) is 0.667. The predicted molar refractivity (Wildman–Crippen MR) is 112 cm³/mol. The molecule has 0 spiro atoms. The van der Waals surface area contributed by atoms with Crippen LogP contribution in [-0.2, 0) is 11.2 Å². The predicted octanol–water partition coefficient (Wildman–Crippen LogP) is 4.21. The van der Waals surface area contributed by atoms with Crippen LogP contribution < -0.4 is 0 Å². The van der Waals surface area contributed by atoms with Crippen LogP contribution in [0.3, 0.4) is 0 Å². The van der Waals surface area contributed by atoms with Crippen LogP contribution in [0.25, 0.3) is 0 Å². The standard InChI is InChI=1S/C26H22O2/c1-25(27,19-17-21-9-5-3-6-10-21)23-13-15-24(16-14-23)26(2,28)20-18-22-11-7-4-8-12-22/h3-16,27-28H,1-2H3. The van der Waals surface area contributed by atoms with Gasteiger partial charge in [0.25, 0.3) is 0 Å². The molecule has 0 saturated carbocycles. The van der Waals surface area contributed by atoms with Crippen molar-refractivity contribution in [1.29, 1.82) is 0 Å². The number of hydrogen-bond acceptors (Lipinski definition) is 2. The molecule has 0 amide bonds. The Kier molecular flexibility index (Phi) is 5.67. The van der Waals surface area contributed by atoms with Crippen molar-refractivity contribution in [3.63, 3.8) is 0 Å². The second kappa shape index (κ2) is 8.15. The van der Waals surface area contributed by atoms with E-state index in [0.29, 0.717) is 11.1 Å². The van der Waals surface area contributed by atoms with E-state index in [1.807, 2.05) is 60.7 Å². The summed E-state index contributed by atoms with van der Waals surface area (Å²) in [7, 11) is 0. The van der Waals surface area contributed by atoms with Crippen LogP contribution in [0.5, 0.6) is 0 Å². The first-order valence-electron chi connectivity index (χ1n) is 9.09. The minimum atomic E-state index is -1.30. The average molecular weight is 366 g/mol. The van der Waals surface area contributed by atoms with E-state index in [1.54, 1.807) is 38.1 Å². The van der Waals surface area contributed by atoms with Crippen molar-refractivity contribution < 1.29 is 10.2 Å². The summed E-state index contributed by atoms with van der Waals surface area (Å²) in [5.41, 5.74) is 0.418. The van der Waals surface area contributed by atoms with Gasteiger partial charge >= 0.3 is 0 Å². The Morgan fingerprint density at radius 1 is 0.536 bits per heavy atom. The Hall–Kier alpha value is -3.30. The zero-order valence-electron chi connectivity index (χ0n) is 16.0. The Labute approximate surface area is 166 Å². The van der Waals surface area contributed by atoms with Crippen molar-refractivity contribution in [3.05, 3.63) is 107 Å². The van der Waals surface area contributed by atoms with Gasteiger partial charge in [0.2, 0.25) is 0 Å². The number of rotatable bonds is 2. The molecule has 0 aliphatic rings. The molecule has 28 heavy (non-hydrogen) atoms. The summed E-state index contributed by atoms with van der Waals surface area (Å²) < 4.78 is 0. The lowest BCUT2D eigenvalue weighted by molar-refractivity contribution is 0.118. The molecular weight excluding hydrogens is 344 g/mol. The molecule has 0 saturated heterocycles. The van der Waals surface area contributed by atoms with Crippen molar-refractivity contribution in [2.24, 2.45) is 0 Å². The highest BCUT2D eigenvalue weighted by molar-refractivity contribution is 5.43. The van der Waals surface area contributed by atoms with Crippen LogP contribution in [0.15, 0.2) is 84.9 Å². The molecule has 0 aliphatic heterocycles. The van der Waals surface area contributed by atoms with E-state index in [0.717, 1.165) is 11.1 Å². The summed E-state index contributed by atoms with van der Waals surface area (Å²) in [5, 5.41) is 21.5. The van der Waals surface area contributed by atoms with Crippen LogP contribution in [0.1, 0.15) is 36.1 Å². The van der Waals surface area contributed by atoms with E-state index in [2.05, 4.69) is 23.7 Å². The van der Waals surface area contributed by atoms with E-state index >= 15 is 0 Å². The zero-order chi connectivity index (χ0) is 20.0. The lowest BCUT2D eigenvalue weighted by Gasteiger charge is -2.21. The van der Waals surface area contributed by atoms with E-state index in [9.17, 15) is 10.2 Å². The molecule has 3 rings (SSSR count). The SMILES string of the molecule is CC(O)(C#Cc1ccccc1)c1ccc(C(C)(O)C#Cc2ccccc2)cc1. The van der Waals surface area contributed by atoms with Gasteiger partial charge in [-0.1, -0.05) is 84.3 Å². The second-order valence-electron chi connectivity index (χ2n) is 6.95. The van der Waals surface area contributed by atoms with Crippen LogP contribution in [-0.4, -0.2) is 10.2 Å². The minimum Gasteiger partial charge on any atom is -0.374 e. The van der Waals surface area contributed by atoms with Gasteiger partial charge in [-0.2, -0.15) is 0 Å². The highest BCUT2D eigenvalue weighted by atomic mass is 16.3. The molecule has 2 heteroatoms. The number of hydrogen-bond donors (Lipinski definition) is 2. The summed E-state index contributed by atoms with van der Waals surface area (Å²) in [6.45, 7) is 3.32.